The number of aromatic nitrogens is 1. The van der Waals surface area contributed by atoms with Gasteiger partial charge in [0.05, 0.1) is 5.39 Å². The zero-order chi connectivity index (χ0) is 12.3. The Labute approximate surface area is 101 Å². The lowest BCUT2D eigenvalue weighted by Gasteiger charge is -2.17. The van der Waals surface area contributed by atoms with Crippen LogP contribution >= 0.6 is 0 Å². The minimum Gasteiger partial charge on any atom is -0.480 e. The monoisotopic (exact) mass is 234 g/mol. The van der Waals surface area contributed by atoms with Crippen LogP contribution in [0.3, 0.4) is 0 Å². The number of rotatable bonds is 5. The Morgan fingerprint density at radius 2 is 2.06 bits per heavy atom. The van der Waals surface area contributed by atoms with Gasteiger partial charge in [0.2, 0.25) is 0 Å². The van der Waals surface area contributed by atoms with Crippen LogP contribution in [0.15, 0.2) is 22.8 Å². The molecule has 0 amide bonds. The molecule has 0 spiro atoms. The van der Waals surface area contributed by atoms with Crippen LogP contribution in [0, 0.1) is 0 Å². The van der Waals surface area contributed by atoms with Gasteiger partial charge < -0.3 is 14.4 Å². The van der Waals surface area contributed by atoms with Crippen molar-refractivity contribution in [2.45, 2.75) is 20.3 Å². The van der Waals surface area contributed by atoms with Crippen molar-refractivity contribution in [3.8, 4) is 5.95 Å². The van der Waals surface area contributed by atoms with Crippen molar-refractivity contribution in [2.75, 3.05) is 19.6 Å². The summed E-state index contributed by atoms with van der Waals surface area (Å²) in [5.41, 5.74) is 1.75. The lowest BCUT2D eigenvalue weighted by Crippen LogP contribution is -2.25. The standard InChI is InChI=1S/C13H18N2O2/c1-3-15(4-2)8-7-10-5-6-11-12(14-10)9-17-13(11)16/h5-6,9,16H,3-4,7-8H2,1-2H3. The first-order chi connectivity index (χ1) is 8.24. The van der Waals surface area contributed by atoms with Gasteiger partial charge in [-0.3, -0.25) is 0 Å². The Bertz CT molecular complexity index is 489. The van der Waals surface area contributed by atoms with Crippen molar-refractivity contribution < 1.29 is 9.52 Å². The molecule has 0 radical (unpaired) electrons. The molecular formula is C13H18N2O2. The fourth-order valence-electron chi connectivity index (χ4n) is 1.91. The average molecular weight is 234 g/mol. The Morgan fingerprint density at radius 1 is 1.29 bits per heavy atom. The van der Waals surface area contributed by atoms with Crippen molar-refractivity contribution in [2.24, 2.45) is 0 Å². The molecule has 1 N–H and O–H groups in total. The molecule has 0 fully saturated rings. The Hall–Kier alpha value is -1.55. The number of furan rings is 1. The second-order valence-corrected chi connectivity index (χ2v) is 4.05. The second kappa shape index (κ2) is 5.19. The van der Waals surface area contributed by atoms with Gasteiger partial charge in [-0.25, -0.2) is 4.98 Å². The molecule has 0 saturated carbocycles. The second-order valence-electron chi connectivity index (χ2n) is 4.05. The highest BCUT2D eigenvalue weighted by molar-refractivity contribution is 5.82. The van der Waals surface area contributed by atoms with Gasteiger partial charge >= 0.3 is 0 Å². The van der Waals surface area contributed by atoms with E-state index in [1.165, 1.54) is 6.26 Å². The van der Waals surface area contributed by atoms with Crippen LogP contribution in [0.4, 0.5) is 0 Å². The fourth-order valence-corrected chi connectivity index (χ4v) is 1.91. The molecule has 0 bridgehead atoms. The molecule has 0 atom stereocenters. The van der Waals surface area contributed by atoms with Crippen LogP contribution in [0.5, 0.6) is 5.95 Å². The van der Waals surface area contributed by atoms with E-state index in [1.54, 1.807) is 0 Å². The summed E-state index contributed by atoms with van der Waals surface area (Å²) in [6.45, 7) is 7.45. The number of pyridine rings is 1. The number of hydrogen-bond acceptors (Lipinski definition) is 4. The Balaban J connectivity index is 2.09. The van der Waals surface area contributed by atoms with E-state index < -0.39 is 0 Å². The summed E-state index contributed by atoms with van der Waals surface area (Å²) in [6, 6.07) is 3.81. The van der Waals surface area contributed by atoms with Crippen molar-refractivity contribution in [1.82, 2.24) is 9.88 Å². The minimum absolute atomic E-state index is 0.0530. The van der Waals surface area contributed by atoms with Crippen LogP contribution in [0.25, 0.3) is 10.9 Å². The molecule has 92 valence electrons. The van der Waals surface area contributed by atoms with Gasteiger partial charge in [0.15, 0.2) is 0 Å². The maximum absolute atomic E-state index is 9.38. The normalized spacial score (nSPS) is 11.5. The summed E-state index contributed by atoms with van der Waals surface area (Å²) in [5.74, 6) is -0.0530. The van der Waals surface area contributed by atoms with E-state index in [9.17, 15) is 5.11 Å². The lowest BCUT2D eigenvalue weighted by molar-refractivity contribution is 0.307. The predicted octanol–water partition coefficient (Wildman–Crippen LogP) is 2.42. The molecule has 2 heterocycles. The van der Waals surface area contributed by atoms with Gasteiger partial charge in [0, 0.05) is 18.7 Å². The molecule has 0 aromatic carbocycles. The fraction of sp³-hybridized carbons (Fsp3) is 0.462. The first kappa shape index (κ1) is 11.9. The highest BCUT2D eigenvalue weighted by atomic mass is 16.5. The zero-order valence-corrected chi connectivity index (χ0v) is 10.3. The number of fused-ring (bicyclic) bond motifs is 1. The van der Waals surface area contributed by atoms with Crippen LogP contribution in [0.1, 0.15) is 19.5 Å². The van der Waals surface area contributed by atoms with Gasteiger partial charge in [-0.15, -0.1) is 0 Å². The van der Waals surface area contributed by atoms with E-state index in [2.05, 4.69) is 23.7 Å². The third kappa shape index (κ3) is 2.58. The average Bonchev–Trinajstić information content (AvgIpc) is 2.72. The van der Waals surface area contributed by atoms with E-state index in [-0.39, 0.29) is 5.95 Å². The summed E-state index contributed by atoms with van der Waals surface area (Å²) < 4.78 is 4.92. The molecule has 0 aliphatic carbocycles. The molecule has 4 heteroatoms. The summed E-state index contributed by atoms with van der Waals surface area (Å²) >= 11 is 0. The maximum Gasteiger partial charge on any atom is 0.291 e. The SMILES string of the molecule is CCN(CC)CCc1ccc2c(O)occ2n1. The van der Waals surface area contributed by atoms with E-state index in [0.29, 0.717) is 5.39 Å². The van der Waals surface area contributed by atoms with Gasteiger partial charge in [-0.2, -0.15) is 0 Å². The largest absolute Gasteiger partial charge is 0.480 e. The molecule has 2 aromatic heterocycles. The minimum atomic E-state index is -0.0530. The molecule has 2 rings (SSSR count). The molecule has 0 saturated heterocycles. The van der Waals surface area contributed by atoms with Gasteiger partial charge in [0.25, 0.3) is 5.95 Å². The van der Waals surface area contributed by atoms with Crippen LogP contribution in [0.2, 0.25) is 0 Å². The maximum atomic E-state index is 9.38. The Kier molecular flexibility index (Phi) is 3.64. The van der Waals surface area contributed by atoms with Gasteiger partial charge in [-0.1, -0.05) is 13.8 Å². The molecule has 0 unspecified atom stereocenters. The number of likely N-dealkylation sites (N-methyl/N-ethyl adjacent to an activating group) is 1. The molecule has 0 aliphatic rings. The van der Waals surface area contributed by atoms with Gasteiger partial charge in [-0.05, 0) is 25.2 Å². The van der Waals surface area contributed by atoms with Crippen LogP contribution in [-0.4, -0.2) is 34.6 Å². The van der Waals surface area contributed by atoms with Crippen molar-refractivity contribution in [3.63, 3.8) is 0 Å². The van der Waals surface area contributed by atoms with Crippen molar-refractivity contribution >= 4 is 10.9 Å². The zero-order valence-electron chi connectivity index (χ0n) is 10.3. The molecule has 17 heavy (non-hydrogen) atoms. The molecular weight excluding hydrogens is 216 g/mol. The lowest BCUT2D eigenvalue weighted by atomic mass is 10.2. The van der Waals surface area contributed by atoms with Gasteiger partial charge in [0.1, 0.15) is 11.8 Å². The topological polar surface area (TPSA) is 49.5 Å². The summed E-state index contributed by atoms with van der Waals surface area (Å²) in [4.78, 5) is 6.82. The van der Waals surface area contributed by atoms with Crippen molar-refractivity contribution in [1.29, 1.82) is 0 Å². The Morgan fingerprint density at radius 3 is 2.76 bits per heavy atom. The van der Waals surface area contributed by atoms with Crippen molar-refractivity contribution in [3.05, 3.63) is 24.1 Å². The van der Waals surface area contributed by atoms with E-state index in [4.69, 9.17) is 4.42 Å². The number of hydrogen-bond donors (Lipinski definition) is 1. The summed E-state index contributed by atoms with van der Waals surface area (Å²) in [7, 11) is 0. The first-order valence-electron chi connectivity index (χ1n) is 6.03. The third-order valence-electron chi connectivity index (χ3n) is 3.07. The predicted molar refractivity (Wildman–Crippen MR) is 67.2 cm³/mol. The molecule has 0 aliphatic heterocycles. The first-order valence-corrected chi connectivity index (χ1v) is 6.03. The highest BCUT2D eigenvalue weighted by Crippen LogP contribution is 2.25. The smallest absolute Gasteiger partial charge is 0.291 e. The molecule has 2 aromatic rings. The van der Waals surface area contributed by atoms with Crippen LogP contribution in [-0.2, 0) is 6.42 Å². The quantitative estimate of drug-likeness (QED) is 0.863. The van der Waals surface area contributed by atoms with Crippen LogP contribution < -0.4 is 0 Å². The molecule has 4 nitrogen and oxygen atoms in total. The van der Waals surface area contributed by atoms with E-state index >= 15 is 0 Å². The number of aromatic hydroxyl groups is 1. The third-order valence-corrected chi connectivity index (χ3v) is 3.07. The summed E-state index contributed by atoms with van der Waals surface area (Å²) in [6.07, 6.45) is 2.41. The number of nitrogens with zero attached hydrogens (tertiary/aromatic N) is 2. The summed E-state index contributed by atoms with van der Waals surface area (Å²) in [5, 5.41) is 10.1. The van der Waals surface area contributed by atoms with E-state index in [1.807, 2.05) is 12.1 Å². The highest BCUT2D eigenvalue weighted by Gasteiger charge is 2.07. The van der Waals surface area contributed by atoms with E-state index in [0.717, 1.165) is 37.3 Å².